The molecule has 1 nitrogen and oxygen atoms in total. The lowest BCUT2D eigenvalue weighted by atomic mass is 9.99. The molecule has 0 bridgehead atoms. The van der Waals surface area contributed by atoms with Crippen molar-refractivity contribution in [3.63, 3.8) is 0 Å². The lowest BCUT2D eigenvalue weighted by Gasteiger charge is -2.16. The molecule has 0 radical (unpaired) electrons. The Morgan fingerprint density at radius 3 is 2.74 bits per heavy atom. The summed E-state index contributed by atoms with van der Waals surface area (Å²) in [6.45, 7) is 3.69. The highest BCUT2D eigenvalue weighted by atomic mass is 19.2. The molecule has 1 unspecified atom stereocenters. The topological polar surface area (TPSA) is 12.0 Å². The minimum absolute atomic E-state index is 0.194. The van der Waals surface area contributed by atoms with Crippen LogP contribution in [0.15, 0.2) is 30.9 Å². The molecule has 0 aliphatic heterocycles. The third-order valence-corrected chi connectivity index (χ3v) is 3.37. The summed E-state index contributed by atoms with van der Waals surface area (Å²) in [5.74, 6) is -1.48. The Morgan fingerprint density at radius 1 is 1.26 bits per heavy atom. The lowest BCUT2D eigenvalue weighted by Crippen LogP contribution is -2.28. The number of hydrogen-bond donors (Lipinski definition) is 1. The SMILES string of the molecule is C=CCCCCCC(Cc1cccc(F)c1F)NC. The zero-order valence-electron chi connectivity index (χ0n) is 11.6. The van der Waals surface area contributed by atoms with Crippen LogP contribution in [0.3, 0.4) is 0 Å². The number of unbranched alkanes of at least 4 members (excludes halogenated alkanes) is 3. The molecule has 0 amide bonds. The Morgan fingerprint density at radius 2 is 2.05 bits per heavy atom. The molecule has 0 saturated heterocycles. The maximum absolute atomic E-state index is 13.6. The van der Waals surface area contributed by atoms with E-state index in [1.807, 2.05) is 13.1 Å². The van der Waals surface area contributed by atoms with Crippen molar-refractivity contribution in [1.82, 2.24) is 5.32 Å². The normalized spacial score (nSPS) is 12.4. The number of allylic oxidation sites excluding steroid dienone is 1. The maximum atomic E-state index is 13.6. The van der Waals surface area contributed by atoms with Gasteiger partial charge in [-0.25, -0.2) is 8.78 Å². The molecule has 1 rings (SSSR count). The molecule has 0 heterocycles. The molecule has 1 N–H and O–H groups in total. The zero-order chi connectivity index (χ0) is 14.1. The van der Waals surface area contributed by atoms with E-state index in [1.165, 1.54) is 0 Å². The second-order valence-electron chi connectivity index (χ2n) is 4.83. The Bertz CT molecular complexity index is 390. The van der Waals surface area contributed by atoms with Gasteiger partial charge in [0.15, 0.2) is 11.6 Å². The van der Waals surface area contributed by atoms with Gasteiger partial charge in [0.05, 0.1) is 0 Å². The Kier molecular flexibility index (Phi) is 7.34. The molecule has 0 aromatic heterocycles. The van der Waals surface area contributed by atoms with Gasteiger partial charge >= 0.3 is 0 Å². The van der Waals surface area contributed by atoms with Gasteiger partial charge in [-0.15, -0.1) is 6.58 Å². The summed E-state index contributed by atoms with van der Waals surface area (Å²) in [5.41, 5.74) is 0.449. The van der Waals surface area contributed by atoms with Crippen LogP contribution in [0.1, 0.15) is 37.7 Å². The first-order chi connectivity index (χ1) is 9.19. The molecule has 19 heavy (non-hydrogen) atoms. The quantitative estimate of drug-likeness (QED) is 0.521. The second kappa shape index (κ2) is 8.81. The first-order valence-corrected chi connectivity index (χ1v) is 6.90. The summed E-state index contributed by atoms with van der Waals surface area (Å²) in [6, 6.07) is 4.56. The maximum Gasteiger partial charge on any atom is 0.162 e. The fourth-order valence-corrected chi connectivity index (χ4v) is 2.18. The van der Waals surface area contributed by atoms with Crippen molar-refractivity contribution in [2.24, 2.45) is 0 Å². The smallest absolute Gasteiger partial charge is 0.162 e. The van der Waals surface area contributed by atoms with Gasteiger partial charge in [-0.05, 0) is 44.4 Å². The first-order valence-electron chi connectivity index (χ1n) is 6.90. The highest BCUT2D eigenvalue weighted by Crippen LogP contribution is 2.16. The van der Waals surface area contributed by atoms with Gasteiger partial charge in [-0.1, -0.05) is 31.1 Å². The summed E-state index contributed by atoms with van der Waals surface area (Å²) in [6.07, 6.45) is 7.87. The van der Waals surface area contributed by atoms with Crippen LogP contribution in [0.25, 0.3) is 0 Å². The summed E-state index contributed by atoms with van der Waals surface area (Å²) in [5, 5.41) is 3.18. The predicted molar refractivity (Wildman–Crippen MR) is 76.2 cm³/mol. The van der Waals surface area contributed by atoms with E-state index in [-0.39, 0.29) is 6.04 Å². The third-order valence-electron chi connectivity index (χ3n) is 3.37. The number of hydrogen-bond acceptors (Lipinski definition) is 1. The van der Waals surface area contributed by atoms with Gasteiger partial charge in [0, 0.05) is 6.04 Å². The Hall–Kier alpha value is -1.22. The molecule has 0 spiro atoms. The average molecular weight is 267 g/mol. The summed E-state index contributed by atoms with van der Waals surface area (Å²) in [4.78, 5) is 0. The van der Waals surface area contributed by atoms with Crippen LogP contribution >= 0.6 is 0 Å². The fraction of sp³-hybridized carbons (Fsp3) is 0.500. The summed E-state index contributed by atoms with van der Waals surface area (Å²) < 4.78 is 26.7. The highest BCUT2D eigenvalue weighted by Gasteiger charge is 2.12. The monoisotopic (exact) mass is 267 g/mol. The molecule has 1 aromatic carbocycles. The van der Waals surface area contributed by atoms with E-state index < -0.39 is 11.6 Å². The second-order valence-corrected chi connectivity index (χ2v) is 4.83. The van der Waals surface area contributed by atoms with Crippen molar-refractivity contribution in [1.29, 1.82) is 0 Å². The highest BCUT2D eigenvalue weighted by molar-refractivity contribution is 5.20. The van der Waals surface area contributed by atoms with Crippen molar-refractivity contribution in [3.8, 4) is 0 Å². The standard InChI is InChI=1S/C16H23F2N/c1-3-4-5-6-7-10-14(19-2)12-13-9-8-11-15(17)16(13)18/h3,8-9,11,14,19H,1,4-7,10,12H2,2H3. The van der Waals surface area contributed by atoms with E-state index in [0.29, 0.717) is 12.0 Å². The van der Waals surface area contributed by atoms with Gasteiger partial charge in [-0.3, -0.25) is 0 Å². The van der Waals surface area contributed by atoms with E-state index >= 15 is 0 Å². The largest absolute Gasteiger partial charge is 0.317 e. The molecule has 0 aliphatic rings. The predicted octanol–water partition coefficient (Wildman–Crippen LogP) is 4.23. The van der Waals surface area contributed by atoms with Gasteiger partial charge in [0.1, 0.15) is 0 Å². The molecule has 1 aromatic rings. The van der Waals surface area contributed by atoms with Crippen LogP contribution in [-0.2, 0) is 6.42 Å². The molecule has 0 saturated carbocycles. The Labute approximate surface area is 114 Å². The van der Waals surface area contributed by atoms with E-state index in [0.717, 1.165) is 38.2 Å². The van der Waals surface area contributed by atoms with Gasteiger partial charge in [-0.2, -0.15) is 0 Å². The fourth-order valence-electron chi connectivity index (χ4n) is 2.18. The number of halogens is 2. The van der Waals surface area contributed by atoms with Crippen molar-refractivity contribution < 1.29 is 8.78 Å². The minimum Gasteiger partial charge on any atom is -0.317 e. The van der Waals surface area contributed by atoms with Crippen LogP contribution in [0, 0.1) is 11.6 Å². The van der Waals surface area contributed by atoms with E-state index in [2.05, 4.69) is 11.9 Å². The number of rotatable bonds is 9. The number of nitrogens with one attached hydrogen (secondary N) is 1. The van der Waals surface area contributed by atoms with Crippen LogP contribution in [0.2, 0.25) is 0 Å². The van der Waals surface area contributed by atoms with Crippen LogP contribution < -0.4 is 5.32 Å². The third kappa shape index (κ3) is 5.52. The Balaban J connectivity index is 2.43. The molecule has 3 heteroatoms. The van der Waals surface area contributed by atoms with E-state index in [4.69, 9.17) is 0 Å². The summed E-state index contributed by atoms with van der Waals surface area (Å²) in [7, 11) is 1.87. The summed E-state index contributed by atoms with van der Waals surface area (Å²) >= 11 is 0. The molecule has 0 aliphatic carbocycles. The van der Waals surface area contributed by atoms with Crippen molar-refractivity contribution in [2.45, 2.75) is 44.6 Å². The number of benzene rings is 1. The van der Waals surface area contributed by atoms with Crippen LogP contribution in [0.4, 0.5) is 8.78 Å². The molecule has 106 valence electrons. The van der Waals surface area contributed by atoms with Crippen molar-refractivity contribution in [2.75, 3.05) is 7.05 Å². The molecular weight excluding hydrogens is 244 g/mol. The van der Waals surface area contributed by atoms with Crippen LogP contribution in [0.5, 0.6) is 0 Å². The average Bonchev–Trinajstić information content (AvgIpc) is 2.42. The minimum atomic E-state index is -0.765. The number of likely N-dealkylation sites (N-methyl/N-ethyl adjacent to an activating group) is 1. The van der Waals surface area contributed by atoms with Crippen LogP contribution in [-0.4, -0.2) is 13.1 Å². The molecular formula is C16H23F2N. The zero-order valence-corrected chi connectivity index (χ0v) is 11.6. The van der Waals surface area contributed by atoms with Gasteiger partial charge in [0.25, 0.3) is 0 Å². The molecule has 0 fully saturated rings. The first kappa shape index (κ1) is 15.8. The van der Waals surface area contributed by atoms with Gasteiger partial charge in [0.2, 0.25) is 0 Å². The molecule has 1 atom stereocenters. The van der Waals surface area contributed by atoms with Crippen molar-refractivity contribution in [3.05, 3.63) is 48.1 Å². The van der Waals surface area contributed by atoms with Crippen molar-refractivity contribution >= 4 is 0 Å². The lowest BCUT2D eigenvalue weighted by molar-refractivity contribution is 0.460. The van der Waals surface area contributed by atoms with E-state index in [9.17, 15) is 8.78 Å². The van der Waals surface area contributed by atoms with E-state index in [1.54, 1.807) is 12.1 Å². The van der Waals surface area contributed by atoms with Gasteiger partial charge < -0.3 is 5.32 Å².